The summed E-state index contributed by atoms with van der Waals surface area (Å²) in [6.07, 6.45) is -0.775. The molecule has 1 N–H and O–H groups in total. The number of cyclic esters (lactones) is 1. The van der Waals surface area contributed by atoms with Crippen molar-refractivity contribution in [2.75, 3.05) is 44.0 Å². The van der Waals surface area contributed by atoms with Crippen molar-refractivity contribution in [1.82, 2.24) is 5.32 Å². The molecule has 2 aliphatic rings. The molecule has 11 heteroatoms. The Morgan fingerprint density at radius 2 is 1.93 bits per heavy atom. The van der Waals surface area contributed by atoms with E-state index in [4.69, 9.17) is 9.26 Å². The summed E-state index contributed by atoms with van der Waals surface area (Å²) in [6, 6.07) is 2.21. The molecule has 0 aromatic heterocycles. The highest BCUT2D eigenvalue weighted by Crippen LogP contribution is 2.54. The van der Waals surface area contributed by atoms with Crippen molar-refractivity contribution in [2.45, 2.75) is 31.8 Å². The van der Waals surface area contributed by atoms with Crippen molar-refractivity contribution in [3.8, 4) is 0 Å². The maximum Gasteiger partial charge on any atom is 0.414 e. The number of amides is 2. The van der Waals surface area contributed by atoms with Crippen LogP contribution in [-0.2, 0) is 18.6 Å². The molecule has 3 rings (SSSR count). The van der Waals surface area contributed by atoms with E-state index in [2.05, 4.69) is 10.1 Å². The van der Waals surface area contributed by atoms with Gasteiger partial charge in [-0.1, -0.05) is 0 Å². The van der Waals surface area contributed by atoms with Gasteiger partial charge in [-0.05, 0) is 37.8 Å². The van der Waals surface area contributed by atoms with E-state index in [1.807, 2.05) is 0 Å². The maximum atomic E-state index is 14.8. The molecule has 166 valence electrons. The fraction of sp³-hybridized carbons (Fsp3) is 0.579. The smallest absolute Gasteiger partial charge is 0.414 e. The number of rotatable bonds is 6. The first-order chi connectivity index (χ1) is 14.3. The number of anilines is 1. The minimum atomic E-state index is -2.71. The third-order valence-corrected chi connectivity index (χ3v) is 7.93. The van der Waals surface area contributed by atoms with Crippen LogP contribution in [0, 0.1) is 11.6 Å². The number of benzene rings is 1. The normalized spacial score (nSPS) is 26.4. The first-order valence-electron chi connectivity index (χ1n) is 9.78. The predicted molar refractivity (Wildman–Crippen MR) is 105 cm³/mol. The van der Waals surface area contributed by atoms with Gasteiger partial charge < -0.3 is 19.3 Å². The molecule has 0 spiro atoms. The van der Waals surface area contributed by atoms with Crippen LogP contribution in [0.2, 0.25) is 0 Å². The molecule has 0 aliphatic carbocycles. The van der Waals surface area contributed by atoms with Crippen LogP contribution in [0.4, 0.5) is 24.1 Å². The second kappa shape index (κ2) is 9.31. The summed E-state index contributed by atoms with van der Waals surface area (Å²) in [5, 5.41) is 2.41. The topological polar surface area (TPSA) is 94.2 Å². The van der Waals surface area contributed by atoms with Crippen molar-refractivity contribution in [2.24, 2.45) is 0 Å². The molecule has 8 nitrogen and oxygen atoms in total. The van der Waals surface area contributed by atoms with E-state index in [0.717, 1.165) is 17.0 Å². The first-order valence-corrected chi connectivity index (χ1v) is 11.8. The van der Waals surface area contributed by atoms with Crippen molar-refractivity contribution >= 4 is 25.2 Å². The molecule has 2 aliphatic heterocycles. The summed E-state index contributed by atoms with van der Waals surface area (Å²) < 4.78 is 57.0. The molecule has 30 heavy (non-hydrogen) atoms. The zero-order valence-corrected chi connectivity index (χ0v) is 17.8. The summed E-state index contributed by atoms with van der Waals surface area (Å²) in [7, 11) is -1.51. The van der Waals surface area contributed by atoms with E-state index in [1.165, 1.54) is 7.11 Å². The lowest BCUT2D eigenvalue weighted by Crippen LogP contribution is -2.34. The van der Waals surface area contributed by atoms with Crippen LogP contribution in [0.1, 0.15) is 31.2 Å². The van der Waals surface area contributed by atoms with Crippen molar-refractivity contribution < 1.29 is 36.9 Å². The molecule has 0 bridgehead atoms. The molecule has 1 atom stereocenters. The number of nitrogens with zero attached hydrogens (tertiary/aromatic N) is 1. The van der Waals surface area contributed by atoms with E-state index in [0.29, 0.717) is 31.8 Å². The van der Waals surface area contributed by atoms with Crippen LogP contribution < -0.4 is 10.2 Å². The fourth-order valence-corrected chi connectivity index (χ4v) is 6.20. The number of carbonyl (C=O) groups is 2. The van der Waals surface area contributed by atoms with Gasteiger partial charge in [0, 0.05) is 17.9 Å². The number of alkyl carbamates (subject to hydrolysis) is 1. The molecular formula is C19H25F2N2O6P. The number of methoxy groups -OCH3 is 1. The summed E-state index contributed by atoms with van der Waals surface area (Å²) in [5.41, 5.74) is -0.0203. The van der Waals surface area contributed by atoms with Crippen LogP contribution in [0.3, 0.4) is 0 Å². The quantitative estimate of drug-likeness (QED) is 0.668. The summed E-state index contributed by atoms with van der Waals surface area (Å²) >= 11 is 0. The molecule has 2 saturated heterocycles. The lowest BCUT2D eigenvalue weighted by atomic mass is 9.92. The lowest BCUT2D eigenvalue weighted by Gasteiger charge is -2.29. The molecule has 1 aromatic rings. The average molecular weight is 446 g/mol. The van der Waals surface area contributed by atoms with Gasteiger partial charge in [-0.25, -0.2) is 18.4 Å². The minimum Gasteiger partial charge on any atom is -0.453 e. The molecular weight excluding hydrogens is 421 g/mol. The van der Waals surface area contributed by atoms with E-state index in [1.54, 1.807) is 6.92 Å². The van der Waals surface area contributed by atoms with Crippen molar-refractivity contribution in [1.29, 1.82) is 0 Å². The van der Waals surface area contributed by atoms with E-state index >= 15 is 0 Å². The van der Waals surface area contributed by atoms with Crippen molar-refractivity contribution in [3.05, 3.63) is 29.3 Å². The SMILES string of the molecule is CCOP1(=O)CCC(c2c(F)cc(N3CC(CNC(=O)OC)OC3=O)cc2F)CC1. The fourth-order valence-electron chi connectivity index (χ4n) is 3.84. The lowest BCUT2D eigenvalue weighted by molar-refractivity contribution is 0.132. The highest BCUT2D eigenvalue weighted by atomic mass is 31.2. The van der Waals surface area contributed by atoms with Crippen LogP contribution >= 0.6 is 7.37 Å². The third kappa shape index (κ3) is 4.92. The monoisotopic (exact) mass is 446 g/mol. The van der Waals surface area contributed by atoms with Crippen LogP contribution in [0.15, 0.2) is 12.1 Å². The van der Waals surface area contributed by atoms with E-state index < -0.39 is 43.2 Å². The second-order valence-corrected chi connectivity index (χ2v) is 10.0. The Kier molecular flexibility index (Phi) is 6.98. The largest absolute Gasteiger partial charge is 0.453 e. The Bertz CT molecular complexity index is 832. The molecule has 2 heterocycles. The molecule has 1 unspecified atom stereocenters. The molecule has 2 amide bonds. The van der Waals surface area contributed by atoms with Gasteiger partial charge >= 0.3 is 12.2 Å². The standard InChI is InChI=1S/C19H25F2N2O6P/c1-3-28-30(26)6-4-12(5-7-30)17-15(20)8-13(9-16(17)21)23-11-14(29-19(23)25)10-22-18(24)27-2/h8-9,12,14H,3-7,10-11H2,1-2H3,(H,22,24). The van der Waals surface area contributed by atoms with E-state index in [-0.39, 0.29) is 24.3 Å². The van der Waals surface area contributed by atoms with Gasteiger partial charge in [0.25, 0.3) is 0 Å². The Hall–Kier alpha value is -2.19. The highest BCUT2D eigenvalue weighted by molar-refractivity contribution is 7.59. The first kappa shape index (κ1) is 22.5. The second-order valence-electron chi connectivity index (χ2n) is 7.27. The van der Waals surface area contributed by atoms with Crippen LogP contribution in [0.5, 0.6) is 0 Å². The van der Waals surface area contributed by atoms with Gasteiger partial charge in [0.15, 0.2) is 0 Å². The Morgan fingerprint density at radius 3 is 2.50 bits per heavy atom. The average Bonchev–Trinajstić information content (AvgIpc) is 3.08. The Labute approximate surface area is 173 Å². The van der Waals surface area contributed by atoms with Gasteiger partial charge in [0.2, 0.25) is 7.37 Å². The molecule has 2 fully saturated rings. The predicted octanol–water partition coefficient (Wildman–Crippen LogP) is 3.84. The van der Waals surface area contributed by atoms with Gasteiger partial charge in [-0.2, -0.15) is 0 Å². The number of halogens is 2. The maximum absolute atomic E-state index is 14.8. The molecule has 1 aromatic carbocycles. The van der Waals surface area contributed by atoms with Crippen LogP contribution in [0.25, 0.3) is 0 Å². The summed E-state index contributed by atoms with van der Waals surface area (Å²) in [4.78, 5) is 24.4. The van der Waals surface area contributed by atoms with Gasteiger partial charge in [-0.15, -0.1) is 0 Å². The van der Waals surface area contributed by atoms with Gasteiger partial charge in [-0.3, -0.25) is 9.46 Å². The number of ether oxygens (including phenoxy) is 2. The summed E-state index contributed by atoms with van der Waals surface area (Å²) in [5.74, 6) is -1.91. The molecule has 0 radical (unpaired) electrons. The Morgan fingerprint density at radius 1 is 1.30 bits per heavy atom. The van der Waals surface area contributed by atoms with Crippen LogP contribution in [-0.4, -0.2) is 57.4 Å². The minimum absolute atomic E-state index is 0.0138. The number of nitrogens with one attached hydrogen (secondary N) is 1. The molecule has 0 saturated carbocycles. The van der Waals surface area contributed by atoms with Gasteiger partial charge in [0.1, 0.15) is 17.7 Å². The van der Waals surface area contributed by atoms with Crippen molar-refractivity contribution in [3.63, 3.8) is 0 Å². The van der Waals surface area contributed by atoms with Gasteiger partial charge in [0.05, 0.1) is 32.5 Å². The zero-order chi connectivity index (χ0) is 21.9. The Balaban J connectivity index is 1.70. The van der Waals surface area contributed by atoms with E-state index in [9.17, 15) is 22.9 Å². The highest BCUT2D eigenvalue weighted by Gasteiger charge is 2.36. The number of hydrogen-bond acceptors (Lipinski definition) is 6. The summed E-state index contributed by atoms with van der Waals surface area (Å²) in [6.45, 7) is 2.16. The number of hydrogen-bond donors (Lipinski definition) is 1. The third-order valence-electron chi connectivity index (χ3n) is 5.32. The zero-order valence-electron chi connectivity index (χ0n) is 16.9. The number of carbonyl (C=O) groups excluding carboxylic acids is 2.